The molecule has 0 spiro atoms. The van der Waals surface area contributed by atoms with Crippen LogP contribution in [0.3, 0.4) is 0 Å². The largest absolute Gasteiger partial charge is 0.373 e. The minimum atomic E-state index is -2.35. The molecule has 0 aliphatic heterocycles. The van der Waals surface area contributed by atoms with Crippen molar-refractivity contribution in [3.8, 4) is 11.8 Å². The second-order valence-corrected chi connectivity index (χ2v) is 6.45. The molecule has 1 aliphatic rings. The molecule has 1 saturated carbocycles. The average molecular weight is 363 g/mol. The summed E-state index contributed by atoms with van der Waals surface area (Å²) in [6.45, 7) is -0.688. The predicted molar refractivity (Wildman–Crippen MR) is 104 cm³/mol. The van der Waals surface area contributed by atoms with Crippen LogP contribution in [-0.2, 0) is 11.8 Å². The van der Waals surface area contributed by atoms with Crippen molar-refractivity contribution in [2.45, 2.75) is 19.8 Å². The van der Waals surface area contributed by atoms with Crippen molar-refractivity contribution in [1.29, 1.82) is 0 Å². The molecule has 0 unspecified atom stereocenters. The standard InChI is InChI=1S/C20H20N6O/c1-12-14(10-24-26(12)3)6-7-15-9-23-19(21-2)17-11-22-18(8-16(15)17)25-20(27)13-4-5-13/h8-11,13H,4-5H2,1-3H3,(H,21,23)(H,22,25,27)/i3D3. The highest BCUT2D eigenvalue weighted by atomic mass is 16.2. The number of anilines is 2. The molecule has 3 heterocycles. The number of hydrogen-bond donors (Lipinski definition) is 2. The molecular weight excluding hydrogens is 340 g/mol. The molecule has 2 N–H and O–H groups in total. The molecule has 1 aliphatic carbocycles. The Morgan fingerprint density at radius 3 is 2.74 bits per heavy atom. The Labute approximate surface area is 161 Å². The van der Waals surface area contributed by atoms with Gasteiger partial charge in [-0.1, -0.05) is 11.8 Å². The predicted octanol–water partition coefficient (Wildman–Crippen LogP) is 2.46. The van der Waals surface area contributed by atoms with E-state index in [1.807, 2.05) is 0 Å². The van der Waals surface area contributed by atoms with E-state index in [4.69, 9.17) is 4.11 Å². The third-order valence-electron chi connectivity index (χ3n) is 4.55. The molecule has 0 aromatic carbocycles. The fraction of sp³-hybridized carbons (Fsp3) is 0.300. The SMILES string of the molecule is [2H]C([2H])([2H])n1ncc(C#Cc2cnc(NC)c3cnc(NC(=O)C4CC4)cc23)c1C. The van der Waals surface area contributed by atoms with E-state index in [1.165, 1.54) is 6.20 Å². The summed E-state index contributed by atoms with van der Waals surface area (Å²) in [7, 11) is 1.77. The Balaban J connectivity index is 1.74. The summed E-state index contributed by atoms with van der Waals surface area (Å²) in [6.07, 6.45) is 6.55. The summed E-state index contributed by atoms with van der Waals surface area (Å²) in [6, 6.07) is 1.78. The van der Waals surface area contributed by atoms with Gasteiger partial charge in [-0.25, -0.2) is 9.97 Å². The summed E-state index contributed by atoms with van der Waals surface area (Å²) in [5.74, 6) is 7.21. The molecule has 0 bridgehead atoms. The summed E-state index contributed by atoms with van der Waals surface area (Å²) in [4.78, 5) is 20.8. The van der Waals surface area contributed by atoms with E-state index in [0.717, 1.165) is 28.3 Å². The van der Waals surface area contributed by atoms with Crippen molar-refractivity contribution in [3.63, 3.8) is 0 Å². The minimum absolute atomic E-state index is 0.0231. The normalized spacial score (nSPS) is 15.3. The molecule has 7 nitrogen and oxygen atoms in total. The molecule has 3 aromatic heterocycles. The third-order valence-corrected chi connectivity index (χ3v) is 4.55. The van der Waals surface area contributed by atoms with Gasteiger partial charge in [0, 0.05) is 47.2 Å². The number of fused-ring (bicyclic) bond motifs is 1. The maximum absolute atomic E-state index is 12.1. The number of aryl methyl sites for hydroxylation is 1. The van der Waals surface area contributed by atoms with Crippen molar-refractivity contribution in [2.24, 2.45) is 12.9 Å². The van der Waals surface area contributed by atoms with Gasteiger partial charge in [-0.3, -0.25) is 9.48 Å². The molecule has 0 saturated heterocycles. The molecule has 0 radical (unpaired) electrons. The lowest BCUT2D eigenvalue weighted by molar-refractivity contribution is -0.117. The Kier molecular flexibility index (Phi) is 3.43. The lowest BCUT2D eigenvalue weighted by atomic mass is 10.1. The van der Waals surface area contributed by atoms with E-state index >= 15 is 0 Å². The van der Waals surface area contributed by atoms with Gasteiger partial charge in [-0.2, -0.15) is 5.10 Å². The van der Waals surface area contributed by atoms with E-state index in [2.05, 4.69) is 37.5 Å². The van der Waals surface area contributed by atoms with E-state index in [-0.39, 0.29) is 11.8 Å². The van der Waals surface area contributed by atoms with Crippen LogP contribution in [0, 0.1) is 24.7 Å². The summed E-state index contributed by atoms with van der Waals surface area (Å²) in [5.41, 5.74) is 1.62. The average Bonchev–Trinajstić information content (AvgIpc) is 3.48. The number of carbonyl (C=O) groups excluding carboxylic acids is 1. The fourth-order valence-corrected chi connectivity index (χ4v) is 2.74. The monoisotopic (exact) mass is 363 g/mol. The maximum Gasteiger partial charge on any atom is 0.228 e. The van der Waals surface area contributed by atoms with E-state index in [9.17, 15) is 4.79 Å². The Morgan fingerprint density at radius 1 is 1.22 bits per heavy atom. The van der Waals surface area contributed by atoms with Crippen LogP contribution in [0.2, 0.25) is 0 Å². The number of rotatable bonds is 3. The number of carbonyl (C=O) groups is 1. The summed E-state index contributed by atoms with van der Waals surface area (Å²) < 4.78 is 23.5. The van der Waals surface area contributed by atoms with Crippen molar-refractivity contribution in [1.82, 2.24) is 19.7 Å². The van der Waals surface area contributed by atoms with E-state index in [0.29, 0.717) is 28.5 Å². The zero-order chi connectivity index (χ0) is 21.5. The number of hydrogen-bond acceptors (Lipinski definition) is 5. The Bertz CT molecular complexity index is 1200. The third kappa shape index (κ3) is 3.34. The highest BCUT2D eigenvalue weighted by Gasteiger charge is 2.29. The van der Waals surface area contributed by atoms with Gasteiger partial charge in [-0.05, 0) is 25.8 Å². The van der Waals surface area contributed by atoms with Gasteiger partial charge in [-0.15, -0.1) is 0 Å². The lowest BCUT2D eigenvalue weighted by Crippen LogP contribution is -2.14. The number of aromatic nitrogens is 4. The molecule has 7 heteroatoms. The van der Waals surface area contributed by atoms with Crippen LogP contribution >= 0.6 is 0 Å². The molecule has 0 atom stereocenters. The maximum atomic E-state index is 12.1. The van der Waals surface area contributed by atoms with Crippen LogP contribution < -0.4 is 10.6 Å². The van der Waals surface area contributed by atoms with Gasteiger partial charge >= 0.3 is 0 Å². The van der Waals surface area contributed by atoms with Crippen LogP contribution in [0.15, 0.2) is 24.7 Å². The quantitative estimate of drug-likeness (QED) is 0.698. The minimum Gasteiger partial charge on any atom is -0.373 e. The van der Waals surface area contributed by atoms with Crippen LogP contribution in [0.1, 0.15) is 33.8 Å². The first-order valence-electron chi connectivity index (χ1n) is 10.1. The fourth-order valence-electron chi connectivity index (χ4n) is 2.74. The Morgan fingerprint density at radius 2 is 2.04 bits per heavy atom. The molecule has 136 valence electrons. The smallest absolute Gasteiger partial charge is 0.228 e. The van der Waals surface area contributed by atoms with Crippen molar-refractivity contribution in [3.05, 3.63) is 41.5 Å². The van der Waals surface area contributed by atoms with Gasteiger partial charge < -0.3 is 10.6 Å². The number of pyridine rings is 2. The molecule has 3 aromatic rings. The zero-order valence-corrected chi connectivity index (χ0v) is 15.0. The number of amides is 1. The first-order chi connectivity index (χ1) is 14.3. The van der Waals surface area contributed by atoms with E-state index < -0.39 is 6.98 Å². The second kappa shape index (κ2) is 6.72. The number of nitrogens with zero attached hydrogens (tertiary/aromatic N) is 4. The highest BCUT2D eigenvalue weighted by Crippen LogP contribution is 2.31. The molecular formula is C20H20N6O. The topological polar surface area (TPSA) is 84.7 Å². The molecule has 4 rings (SSSR count). The van der Waals surface area contributed by atoms with Gasteiger partial charge in [0.1, 0.15) is 11.6 Å². The summed E-state index contributed by atoms with van der Waals surface area (Å²) in [5, 5.41) is 11.3. The van der Waals surface area contributed by atoms with Crippen molar-refractivity contribution in [2.75, 3.05) is 17.7 Å². The molecule has 1 fully saturated rings. The van der Waals surface area contributed by atoms with Gasteiger partial charge in [0.2, 0.25) is 5.91 Å². The number of nitrogens with one attached hydrogen (secondary N) is 2. The van der Waals surface area contributed by atoms with Crippen LogP contribution in [0.25, 0.3) is 10.8 Å². The van der Waals surface area contributed by atoms with Crippen LogP contribution in [0.4, 0.5) is 11.6 Å². The van der Waals surface area contributed by atoms with Crippen LogP contribution in [-0.4, -0.2) is 32.7 Å². The lowest BCUT2D eigenvalue weighted by Gasteiger charge is -2.09. The zero-order valence-electron chi connectivity index (χ0n) is 18.0. The highest BCUT2D eigenvalue weighted by molar-refractivity contribution is 5.99. The second-order valence-electron chi connectivity index (χ2n) is 6.45. The van der Waals surface area contributed by atoms with Gasteiger partial charge in [0.25, 0.3) is 0 Å². The van der Waals surface area contributed by atoms with Gasteiger partial charge in [0.05, 0.1) is 23.0 Å². The first kappa shape index (κ1) is 13.8. The summed E-state index contributed by atoms with van der Waals surface area (Å²) >= 11 is 0. The van der Waals surface area contributed by atoms with Gasteiger partial charge in [0.15, 0.2) is 0 Å². The van der Waals surface area contributed by atoms with Crippen LogP contribution in [0.5, 0.6) is 0 Å². The first-order valence-corrected chi connectivity index (χ1v) is 8.62. The molecule has 27 heavy (non-hydrogen) atoms. The van der Waals surface area contributed by atoms with Crippen molar-refractivity contribution >= 4 is 28.3 Å². The Hall–Kier alpha value is -3.40. The van der Waals surface area contributed by atoms with E-state index in [1.54, 1.807) is 32.4 Å². The van der Waals surface area contributed by atoms with Crippen molar-refractivity contribution < 1.29 is 8.91 Å². The molecule has 1 amide bonds.